The Morgan fingerprint density at radius 3 is 2.46 bits per heavy atom. The van der Waals surface area contributed by atoms with Crippen molar-refractivity contribution in [3.05, 3.63) is 96.1 Å². The lowest BCUT2D eigenvalue weighted by Crippen LogP contribution is -2.27. The molecule has 37 heavy (non-hydrogen) atoms. The summed E-state index contributed by atoms with van der Waals surface area (Å²) < 4.78 is 59.0. The Morgan fingerprint density at radius 1 is 1.11 bits per heavy atom. The summed E-state index contributed by atoms with van der Waals surface area (Å²) in [4.78, 5) is 24.9. The number of thiocarbonyl (C=S) groups is 1. The molecule has 6 nitrogen and oxygen atoms in total. The molecule has 1 amide bonds. The summed E-state index contributed by atoms with van der Waals surface area (Å²) in [5.41, 5.74) is -1.56. The first-order chi connectivity index (χ1) is 17.3. The van der Waals surface area contributed by atoms with E-state index in [4.69, 9.17) is 28.6 Å². The first kappa shape index (κ1) is 27.0. The molecular formula is C23H10BrClF4N2O4S2. The number of carbonyl (C=O) groups excluding carboxylic acids is 1. The van der Waals surface area contributed by atoms with Crippen molar-refractivity contribution in [3.63, 3.8) is 0 Å². The molecule has 4 rings (SSSR count). The predicted octanol–water partition coefficient (Wildman–Crippen LogP) is 8.37. The summed E-state index contributed by atoms with van der Waals surface area (Å²) in [5.74, 6) is -1.60. The Kier molecular flexibility index (Phi) is 7.60. The quantitative estimate of drug-likeness (QED) is 0.0924. The van der Waals surface area contributed by atoms with E-state index in [0.717, 1.165) is 28.8 Å². The fourth-order valence-corrected chi connectivity index (χ4v) is 5.07. The number of hydrogen-bond donors (Lipinski definition) is 0. The largest absolute Gasteiger partial charge is 0.449 e. The highest BCUT2D eigenvalue weighted by Crippen LogP contribution is 2.41. The molecule has 0 saturated carbocycles. The van der Waals surface area contributed by atoms with Crippen LogP contribution in [0.3, 0.4) is 0 Å². The highest BCUT2D eigenvalue weighted by molar-refractivity contribution is 9.10. The molecule has 190 valence electrons. The second-order valence-electron chi connectivity index (χ2n) is 7.34. The van der Waals surface area contributed by atoms with Gasteiger partial charge in [-0.3, -0.25) is 19.8 Å². The lowest BCUT2D eigenvalue weighted by atomic mass is 10.1. The number of rotatable bonds is 5. The molecule has 0 atom stereocenters. The van der Waals surface area contributed by atoms with E-state index in [1.54, 1.807) is 12.1 Å². The normalized spacial score (nSPS) is 15.0. The summed E-state index contributed by atoms with van der Waals surface area (Å²) >= 11 is 15.4. The van der Waals surface area contributed by atoms with E-state index in [9.17, 15) is 32.5 Å². The minimum atomic E-state index is -4.78. The minimum Gasteiger partial charge on any atom is -0.449 e. The zero-order valence-electron chi connectivity index (χ0n) is 17.9. The Hall–Kier alpha value is -3.00. The van der Waals surface area contributed by atoms with E-state index in [1.807, 2.05) is 0 Å². The Labute approximate surface area is 229 Å². The number of thioether (sulfide) groups is 1. The van der Waals surface area contributed by atoms with Crippen molar-refractivity contribution >= 4 is 79.2 Å². The van der Waals surface area contributed by atoms with Crippen molar-refractivity contribution in [2.24, 2.45) is 0 Å². The SMILES string of the molecule is O=C1/C(=C\c2cc(Br)ccc2Oc2ccc(C(F)(F)F)cc2[N+](=O)[O-])SC(=S)N1c1ccc(F)c(Cl)c1. The number of ether oxygens (including phenoxy) is 1. The average Bonchev–Trinajstić information content (AvgIpc) is 3.09. The number of carbonyl (C=O) groups is 1. The zero-order chi connectivity index (χ0) is 27.1. The molecule has 1 aliphatic heterocycles. The predicted molar refractivity (Wildman–Crippen MR) is 139 cm³/mol. The van der Waals surface area contributed by atoms with Crippen molar-refractivity contribution in [2.75, 3.05) is 4.90 Å². The average molecular weight is 634 g/mol. The van der Waals surface area contributed by atoms with Crippen LogP contribution in [0.5, 0.6) is 11.5 Å². The van der Waals surface area contributed by atoms with E-state index >= 15 is 0 Å². The molecule has 0 bridgehead atoms. The molecule has 0 aliphatic carbocycles. The Balaban J connectivity index is 1.71. The van der Waals surface area contributed by atoms with Gasteiger partial charge in [0.05, 0.1) is 26.1 Å². The van der Waals surface area contributed by atoms with Gasteiger partial charge in [0.1, 0.15) is 11.6 Å². The number of amides is 1. The van der Waals surface area contributed by atoms with Gasteiger partial charge in [0.25, 0.3) is 5.91 Å². The highest BCUT2D eigenvalue weighted by Gasteiger charge is 2.35. The third-order valence-corrected chi connectivity index (χ3v) is 7.00. The molecule has 1 heterocycles. The van der Waals surface area contributed by atoms with Crippen molar-refractivity contribution in [1.29, 1.82) is 0 Å². The van der Waals surface area contributed by atoms with Crippen LogP contribution in [-0.4, -0.2) is 15.2 Å². The summed E-state index contributed by atoms with van der Waals surface area (Å²) in [6.07, 6.45) is -3.37. The number of alkyl halides is 3. The summed E-state index contributed by atoms with van der Waals surface area (Å²) in [6.45, 7) is 0. The summed E-state index contributed by atoms with van der Waals surface area (Å²) in [5, 5.41) is 11.2. The molecule has 1 saturated heterocycles. The standard InChI is InChI=1S/C23H10BrClF4N2O4S2/c24-13-2-6-18(35-19-5-1-12(23(27,28)29)9-17(19)31(33)34)11(7-13)8-20-21(32)30(22(36)37-20)14-3-4-16(26)15(25)10-14/h1-10H/b20-8+. The molecule has 1 aliphatic rings. The minimum absolute atomic E-state index is 0.0288. The van der Waals surface area contributed by atoms with Gasteiger partial charge in [-0.2, -0.15) is 13.2 Å². The van der Waals surface area contributed by atoms with Crippen molar-refractivity contribution < 1.29 is 32.0 Å². The fourth-order valence-electron chi connectivity index (χ4n) is 3.22. The second kappa shape index (κ2) is 10.4. The fraction of sp³-hybridized carbons (Fsp3) is 0.0435. The lowest BCUT2D eigenvalue weighted by Gasteiger charge is -2.15. The third-order valence-electron chi connectivity index (χ3n) is 4.92. The first-order valence-corrected chi connectivity index (χ1v) is 12.3. The first-order valence-electron chi connectivity index (χ1n) is 9.91. The molecule has 3 aromatic rings. The maximum Gasteiger partial charge on any atom is 0.416 e. The van der Waals surface area contributed by atoms with Gasteiger partial charge in [0.15, 0.2) is 4.32 Å². The molecule has 0 N–H and O–H groups in total. The number of halogens is 6. The van der Waals surface area contributed by atoms with Gasteiger partial charge in [-0.1, -0.05) is 51.5 Å². The molecule has 14 heteroatoms. The second-order valence-corrected chi connectivity index (χ2v) is 10.3. The maximum atomic E-state index is 13.6. The summed E-state index contributed by atoms with van der Waals surface area (Å²) in [7, 11) is 0. The Morgan fingerprint density at radius 2 is 1.81 bits per heavy atom. The molecule has 3 aromatic carbocycles. The van der Waals surface area contributed by atoms with Crippen LogP contribution in [0, 0.1) is 15.9 Å². The number of nitro groups is 1. The maximum absolute atomic E-state index is 13.6. The van der Waals surface area contributed by atoms with Crippen molar-refractivity contribution in [3.8, 4) is 11.5 Å². The van der Waals surface area contributed by atoms with Gasteiger partial charge in [-0.15, -0.1) is 0 Å². The molecule has 0 radical (unpaired) electrons. The van der Waals surface area contributed by atoms with E-state index in [0.29, 0.717) is 16.6 Å². The lowest BCUT2D eigenvalue weighted by molar-refractivity contribution is -0.385. The third kappa shape index (κ3) is 5.79. The number of anilines is 1. The van der Waals surface area contributed by atoms with Crippen LogP contribution in [0.2, 0.25) is 5.02 Å². The van der Waals surface area contributed by atoms with Crippen LogP contribution in [0.15, 0.2) is 64.0 Å². The van der Waals surface area contributed by atoms with E-state index in [-0.39, 0.29) is 31.2 Å². The van der Waals surface area contributed by atoms with Crippen molar-refractivity contribution in [1.82, 2.24) is 0 Å². The van der Waals surface area contributed by atoms with Gasteiger partial charge in [-0.25, -0.2) is 4.39 Å². The van der Waals surface area contributed by atoms with Crippen LogP contribution in [0.1, 0.15) is 11.1 Å². The smallest absolute Gasteiger partial charge is 0.416 e. The van der Waals surface area contributed by atoms with Crippen LogP contribution in [0.4, 0.5) is 28.9 Å². The van der Waals surface area contributed by atoms with Gasteiger partial charge < -0.3 is 4.74 Å². The molecule has 0 aromatic heterocycles. The van der Waals surface area contributed by atoms with Crippen LogP contribution in [-0.2, 0) is 11.0 Å². The number of hydrogen-bond acceptors (Lipinski definition) is 6. The number of benzene rings is 3. The summed E-state index contributed by atoms with van der Waals surface area (Å²) in [6, 6.07) is 10.1. The van der Waals surface area contributed by atoms with E-state index in [1.165, 1.54) is 24.3 Å². The van der Waals surface area contributed by atoms with E-state index in [2.05, 4.69) is 15.9 Å². The van der Waals surface area contributed by atoms with Crippen molar-refractivity contribution in [2.45, 2.75) is 6.18 Å². The monoisotopic (exact) mass is 632 g/mol. The van der Waals surface area contributed by atoms with Crippen LogP contribution >= 0.6 is 51.5 Å². The Bertz CT molecular complexity index is 1500. The van der Waals surface area contributed by atoms with Crippen LogP contribution in [0.25, 0.3) is 6.08 Å². The molecule has 0 unspecified atom stereocenters. The topological polar surface area (TPSA) is 72.7 Å². The zero-order valence-corrected chi connectivity index (χ0v) is 21.9. The molecular weight excluding hydrogens is 624 g/mol. The van der Waals surface area contributed by atoms with Gasteiger partial charge in [0, 0.05) is 16.1 Å². The molecule has 1 fully saturated rings. The van der Waals surface area contributed by atoms with Gasteiger partial charge in [-0.05, 0) is 54.6 Å². The number of nitro benzene ring substituents is 1. The van der Waals surface area contributed by atoms with E-state index < -0.39 is 39.8 Å². The number of nitrogens with zero attached hydrogens (tertiary/aromatic N) is 2. The van der Waals surface area contributed by atoms with Gasteiger partial charge in [0.2, 0.25) is 5.75 Å². The molecule has 0 spiro atoms. The van der Waals surface area contributed by atoms with Gasteiger partial charge >= 0.3 is 11.9 Å². The van der Waals surface area contributed by atoms with Crippen LogP contribution < -0.4 is 9.64 Å². The highest BCUT2D eigenvalue weighted by atomic mass is 79.9.